The van der Waals surface area contributed by atoms with Gasteiger partial charge in [0.25, 0.3) is 0 Å². The molecule has 1 unspecified atom stereocenters. The van der Waals surface area contributed by atoms with Gasteiger partial charge in [0.2, 0.25) is 0 Å². The average Bonchev–Trinajstić information content (AvgIpc) is 2.86. The summed E-state index contributed by atoms with van der Waals surface area (Å²) in [5.74, 6) is 0.551. The first-order chi connectivity index (χ1) is 10.5. The monoisotopic (exact) mass is 321 g/mol. The van der Waals surface area contributed by atoms with Crippen molar-refractivity contribution >= 4 is 17.7 Å². The minimum atomic E-state index is -0.873. The summed E-state index contributed by atoms with van der Waals surface area (Å²) in [5.41, 5.74) is 1.26. The minimum absolute atomic E-state index is 0.289. The molecule has 7 heteroatoms. The van der Waals surface area contributed by atoms with Crippen LogP contribution in [0.5, 0.6) is 5.75 Å². The molecule has 2 rings (SSSR count). The molecule has 0 aliphatic rings. The fourth-order valence-corrected chi connectivity index (χ4v) is 2.52. The van der Waals surface area contributed by atoms with E-state index in [1.165, 1.54) is 5.56 Å². The van der Waals surface area contributed by atoms with Gasteiger partial charge in [-0.2, -0.15) is 0 Å². The standard InChI is InChI=1S/C15H19N3O3S/c1-4-11-5-7-12(8-6-11)21-9-13-16-17-15(18(13)3)22-10(2)14(19)20/h5-8,10H,4,9H2,1-3H3,(H,19,20). The van der Waals surface area contributed by atoms with E-state index in [1.807, 2.05) is 24.3 Å². The van der Waals surface area contributed by atoms with Gasteiger partial charge in [-0.05, 0) is 31.0 Å². The Morgan fingerprint density at radius 2 is 2.05 bits per heavy atom. The van der Waals surface area contributed by atoms with Crippen LogP contribution in [0.2, 0.25) is 0 Å². The Hall–Kier alpha value is -2.02. The number of carbonyl (C=O) groups is 1. The van der Waals surface area contributed by atoms with Gasteiger partial charge in [0.1, 0.15) is 17.6 Å². The fourth-order valence-electron chi connectivity index (χ4n) is 1.75. The van der Waals surface area contributed by atoms with Crippen LogP contribution in [0.3, 0.4) is 0 Å². The number of thioether (sulfide) groups is 1. The molecule has 0 bridgehead atoms. The summed E-state index contributed by atoms with van der Waals surface area (Å²) in [6.07, 6.45) is 0.992. The van der Waals surface area contributed by atoms with Crippen LogP contribution < -0.4 is 4.74 Å². The van der Waals surface area contributed by atoms with Crippen molar-refractivity contribution in [2.24, 2.45) is 7.05 Å². The van der Waals surface area contributed by atoms with Crippen LogP contribution >= 0.6 is 11.8 Å². The van der Waals surface area contributed by atoms with Gasteiger partial charge in [-0.1, -0.05) is 30.8 Å². The van der Waals surface area contributed by atoms with Crippen molar-refractivity contribution in [3.63, 3.8) is 0 Å². The molecule has 0 fully saturated rings. The Balaban J connectivity index is 1.98. The average molecular weight is 321 g/mol. The van der Waals surface area contributed by atoms with E-state index in [9.17, 15) is 4.79 Å². The Morgan fingerprint density at radius 1 is 1.36 bits per heavy atom. The lowest BCUT2D eigenvalue weighted by Gasteiger charge is -2.08. The first-order valence-corrected chi connectivity index (χ1v) is 7.88. The van der Waals surface area contributed by atoms with E-state index in [2.05, 4.69) is 17.1 Å². The quantitative estimate of drug-likeness (QED) is 0.790. The Kier molecular flexibility index (Phi) is 5.43. The molecule has 1 heterocycles. The van der Waals surface area contributed by atoms with Crippen LogP contribution in [0.15, 0.2) is 29.4 Å². The van der Waals surface area contributed by atoms with E-state index in [-0.39, 0.29) is 6.61 Å². The van der Waals surface area contributed by atoms with Gasteiger partial charge in [0.05, 0.1) is 0 Å². The summed E-state index contributed by atoms with van der Waals surface area (Å²) in [4.78, 5) is 10.9. The Labute approximate surface area is 133 Å². The zero-order valence-electron chi connectivity index (χ0n) is 12.8. The van der Waals surface area contributed by atoms with E-state index < -0.39 is 11.2 Å². The number of ether oxygens (including phenoxy) is 1. The van der Waals surface area contributed by atoms with Crippen molar-refractivity contribution in [2.75, 3.05) is 0 Å². The topological polar surface area (TPSA) is 77.2 Å². The third kappa shape index (κ3) is 4.00. The summed E-state index contributed by atoms with van der Waals surface area (Å²) >= 11 is 1.16. The molecule has 1 aromatic carbocycles. The molecular weight excluding hydrogens is 302 g/mol. The second kappa shape index (κ2) is 7.31. The van der Waals surface area contributed by atoms with Crippen molar-refractivity contribution in [3.05, 3.63) is 35.7 Å². The van der Waals surface area contributed by atoms with Crippen molar-refractivity contribution in [1.29, 1.82) is 0 Å². The molecule has 0 radical (unpaired) electrons. The van der Waals surface area contributed by atoms with Crippen molar-refractivity contribution in [2.45, 2.75) is 37.3 Å². The second-order valence-corrected chi connectivity index (χ2v) is 6.15. The smallest absolute Gasteiger partial charge is 0.316 e. The molecule has 0 aliphatic carbocycles. The molecule has 0 amide bonds. The number of hydrogen-bond acceptors (Lipinski definition) is 5. The van der Waals surface area contributed by atoms with E-state index in [0.717, 1.165) is 23.9 Å². The lowest BCUT2D eigenvalue weighted by atomic mass is 10.2. The fraction of sp³-hybridized carbons (Fsp3) is 0.400. The molecule has 1 aromatic heterocycles. The third-order valence-corrected chi connectivity index (χ3v) is 4.38. The van der Waals surface area contributed by atoms with Gasteiger partial charge in [-0.3, -0.25) is 4.79 Å². The number of nitrogens with zero attached hydrogens (tertiary/aromatic N) is 3. The number of benzene rings is 1. The highest BCUT2D eigenvalue weighted by Gasteiger charge is 2.17. The number of aryl methyl sites for hydroxylation is 1. The molecule has 22 heavy (non-hydrogen) atoms. The lowest BCUT2D eigenvalue weighted by Crippen LogP contribution is -2.12. The maximum Gasteiger partial charge on any atom is 0.316 e. The Morgan fingerprint density at radius 3 is 2.64 bits per heavy atom. The molecule has 0 spiro atoms. The molecule has 2 aromatic rings. The highest BCUT2D eigenvalue weighted by molar-refractivity contribution is 8.00. The van der Waals surface area contributed by atoms with E-state index in [4.69, 9.17) is 9.84 Å². The van der Waals surface area contributed by atoms with Gasteiger partial charge < -0.3 is 14.4 Å². The van der Waals surface area contributed by atoms with Crippen molar-refractivity contribution < 1.29 is 14.6 Å². The van der Waals surface area contributed by atoms with Gasteiger partial charge >= 0.3 is 5.97 Å². The van der Waals surface area contributed by atoms with Gasteiger partial charge in [0, 0.05) is 7.05 Å². The summed E-state index contributed by atoms with van der Waals surface area (Å²) in [6, 6.07) is 7.92. The third-order valence-electron chi connectivity index (χ3n) is 3.25. The predicted octanol–water partition coefficient (Wildman–Crippen LogP) is 2.52. The van der Waals surface area contributed by atoms with Crippen molar-refractivity contribution in [3.8, 4) is 5.75 Å². The van der Waals surface area contributed by atoms with Crippen LogP contribution in [-0.4, -0.2) is 31.1 Å². The van der Waals surface area contributed by atoms with Crippen molar-refractivity contribution in [1.82, 2.24) is 14.8 Å². The van der Waals surface area contributed by atoms with E-state index in [0.29, 0.717) is 11.0 Å². The zero-order chi connectivity index (χ0) is 16.1. The summed E-state index contributed by atoms with van der Waals surface area (Å²) in [6.45, 7) is 4.01. The molecular formula is C15H19N3O3S. The second-order valence-electron chi connectivity index (χ2n) is 4.84. The summed E-state index contributed by atoms with van der Waals surface area (Å²) in [5, 5.41) is 17.0. The molecule has 118 valence electrons. The first kappa shape index (κ1) is 16.4. The molecule has 0 saturated heterocycles. The number of carboxylic acid groups (broad SMARTS) is 1. The van der Waals surface area contributed by atoms with Gasteiger partial charge in [-0.15, -0.1) is 10.2 Å². The van der Waals surface area contributed by atoms with Crippen LogP contribution in [0.1, 0.15) is 25.2 Å². The molecule has 0 aliphatic heterocycles. The summed E-state index contributed by atoms with van der Waals surface area (Å²) < 4.78 is 7.44. The maximum atomic E-state index is 10.9. The largest absolute Gasteiger partial charge is 0.486 e. The zero-order valence-corrected chi connectivity index (χ0v) is 13.6. The molecule has 6 nitrogen and oxygen atoms in total. The van der Waals surface area contributed by atoms with Crippen LogP contribution in [0.4, 0.5) is 0 Å². The summed E-state index contributed by atoms with van der Waals surface area (Å²) in [7, 11) is 1.80. The molecule has 1 atom stereocenters. The van der Waals surface area contributed by atoms with Crippen LogP contribution in [-0.2, 0) is 24.9 Å². The number of aromatic nitrogens is 3. The normalized spacial score (nSPS) is 12.1. The van der Waals surface area contributed by atoms with E-state index in [1.54, 1.807) is 18.5 Å². The number of rotatable bonds is 7. The Bertz CT molecular complexity index is 640. The van der Waals surface area contributed by atoms with E-state index >= 15 is 0 Å². The van der Waals surface area contributed by atoms with Crippen LogP contribution in [0.25, 0.3) is 0 Å². The van der Waals surface area contributed by atoms with Crippen LogP contribution in [0, 0.1) is 0 Å². The predicted molar refractivity (Wildman–Crippen MR) is 84.1 cm³/mol. The highest BCUT2D eigenvalue weighted by Crippen LogP contribution is 2.22. The molecule has 1 N–H and O–H groups in total. The number of carboxylic acids is 1. The number of aliphatic carboxylic acids is 1. The highest BCUT2D eigenvalue weighted by atomic mass is 32.2. The first-order valence-electron chi connectivity index (χ1n) is 7.00. The van der Waals surface area contributed by atoms with Gasteiger partial charge in [-0.25, -0.2) is 0 Å². The maximum absolute atomic E-state index is 10.9. The number of hydrogen-bond donors (Lipinski definition) is 1. The molecule has 0 saturated carbocycles. The SMILES string of the molecule is CCc1ccc(OCc2nnc(SC(C)C(=O)O)n2C)cc1. The minimum Gasteiger partial charge on any atom is -0.486 e. The lowest BCUT2D eigenvalue weighted by molar-refractivity contribution is -0.136. The van der Waals surface area contributed by atoms with Gasteiger partial charge in [0.15, 0.2) is 11.0 Å².